The Morgan fingerprint density at radius 2 is 1.78 bits per heavy atom. The normalized spacial score (nSPS) is 10.3. The third-order valence-corrected chi connectivity index (χ3v) is 3.46. The molecule has 0 aliphatic heterocycles. The fourth-order valence-electron chi connectivity index (χ4n) is 2.35. The van der Waals surface area contributed by atoms with Gasteiger partial charge in [0, 0.05) is 5.56 Å². The summed E-state index contributed by atoms with van der Waals surface area (Å²) in [6, 6.07) is 15.8. The Morgan fingerprint density at radius 3 is 2.48 bits per heavy atom. The first-order valence-electron chi connectivity index (χ1n) is 6.81. The lowest BCUT2D eigenvalue weighted by Gasteiger charge is -2.11. The molecule has 1 aromatic heterocycles. The van der Waals surface area contributed by atoms with E-state index in [-0.39, 0.29) is 5.82 Å². The molecule has 0 saturated heterocycles. The van der Waals surface area contributed by atoms with Crippen LogP contribution < -0.4 is 5.56 Å². The molecule has 0 fully saturated rings. The highest BCUT2D eigenvalue weighted by Gasteiger charge is 2.12. The molecule has 4 nitrogen and oxygen atoms in total. The van der Waals surface area contributed by atoms with E-state index in [0.717, 1.165) is 0 Å². The van der Waals surface area contributed by atoms with E-state index in [2.05, 4.69) is 4.98 Å². The van der Waals surface area contributed by atoms with Gasteiger partial charge in [-0.05, 0) is 53.6 Å². The molecule has 5 heteroatoms. The van der Waals surface area contributed by atoms with E-state index < -0.39 is 11.3 Å². The van der Waals surface area contributed by atoms with Gasteiger partial charge in [-0.3, -0.25) is 4.79 Å². The lowest BCUT2D eigenvalue weighted by atomic mass is 9.98. The Morgan fingerprint density at radius 1 is 1.04 bits per heavy atom. The van der Waals surface area contributed by atoms with Crippen molar-refractivity contribution in [2.75, 3.05) is 0 Å². The van der Waals surface area contributed by atoms with Crippen molar-refractivity contribution in [3.05, 3.63) is 76.3 Å². The summed E-state index contributed by atoms with van der Waals surface area (Å²) in [7, 11) is 0. The molecule has 0 amide bonds. The third kappa shape index (κ3) is 2.83. The minimum atomic E-state index is -0.635. The van der Waals surface area contributed by atoms with Gasteiger partial charge in [0.05, 0.1) is 17.3 Å². The minimum Gasteiger partial charge on any atom is -0.503 e. The average Bonchev–Trinajstić information content (AvgIpc) is 2.58. The van der Waals surface area contributed by atoms with E-state index in [9.17, 15) is 14.3 Å². The molecule has 0 atom stereocenters. The zero-order valence-electron chi connectivity index (χ0n) is 11.9. The van der Waals surface area contributed by atoms with E-state index in [1.54, 1.807) is 24.3 Å². The number of rotatable bonds is 2. The summed E-state index contributed by atoms with van der Waals surface area (Å²) in [4.78, 5) is 14.4. The van der Waals surface area contributed by atoms with Gasteiger partial charge >= 0.3 is 0 Å². The van der Waals surface area contributed by atoms with Crippen LogP contribution in [-0.2, 0) is 0 Å². The van der Waals surface area contributed by atoms with Gasteiger partial charge < -0.3 is 10.1 Å². The van der Waals surface area contributed by atoms with Crippen LogP contribution in [0, 0.1) is 17.1 Å². The molecular formula is C18H11FN2O2. The smallest absolute Gasteiger partial charge is 0.290 e. The zero-order valence-corrected chi connectivity index (χ0v) is 11.9. The van der Waals surface area contributed by atoms with Crippen LogP contribution in [0.1, 0.15) is 5.56 Å². The van der Waals surface area contributed by atoms with Gasteiger partial charge in [-0.2, -0.15) is 5.26 Å². The second-order valence-corrected chi connectivity index (χ2v) is 4.97. The summed E-state index contributed by atoms with van der Waals surface area (Å²) in [6.45, 7) is 0. The van der Waals surface area contributed by atoms with Crippen molar-refractivity contribution in [3.8, 4) is 34.2 Å². The maximum Gasteiger partial charge on any atom is 0.290 e. The number of hydrogen-bond donors (Lipinski definition) is 2. The fourth-order valence-corrected chi connectivity index (χ4v) is 2.35. The lowest BCUT2D eigenvalue weighted by molar-refractivity contribution is 0.467. The van der Waals surface area contributed by atoms with E-state index in [1.165, 1.54) is 30.3 Å². The number of benzene rings is 2. The van der Waals surface area contributed by atoms with Crippen molar-refractivity contribution in [1.82, 2.24) is 4.98 Å². The van der Waals surface area contributed by atoms with Crippen LogP contribution in [0.4, 0.5) is 4.39 Å². The third-order valence-electron chi connectivity index (χ3n) is 3.46. The first-order chi connectivity index (χ1) is 11.1. The second kappa shape index (κ2) is 5.78. The number of nitrogens with zero attached hydrogens (tertiary/aromatic N) is 1. The summed E-state index contributed by atoms with van der Waals surface area (Å²) in [5.74, 6) is -0.809. The zero-order chi connectivity index (χ0) is 16.4. The van der Waals surface area contributed by atoms with Gasteiger partial charge in [-0.25, -0.2) is 4.39 Å². The Hall–Kier alpha value is -3.39. The largest absolute Gasteiger partial charge is 0.503 e. The van der Waals surface area contributed by atoms with E-state index >= 15 is 0 Å². The van der Waals surface area contributed by atoms with Crippen LogP contribution in [0.3, 0.4) is 0 Å². The monoisotopic (exact) mass is 306 g/mol. The SMILES string of the molecule is N#Cc1cccc(-c2cc(O)c(=O)[nH]c2-c2ccc(F)cc2)c1. The van der Waals surface area contributed by atoms with E-state index in [4.69, 9.17) is 5.26 Å². The lowest BCUT2D eigenvalue weighted by Crippen LogP contribution is -2.07. The predicted octanol–water partition coefficient (Wildman–Crippen LogP) is 3.43. The van der Waals surface area contributed by atoms with Crippen molar-refractivity contribution >= 4 is 0 Å². The summed E-state index contributed by atoms with van der Waals surface area (Å²) >= 11 is 0. The molecule has 112 valence electrons. The summed E-state index contributed by atoms with van der Waals surface area (Å²) in [5.41, 5.74) is 2.08. The van der Waals surface area contributed by atoms with Crippen LogP contribution in [0.2, 0.25) is 0 Å². The van der Waals surface area contributed by atoms with Crippen LogP contribution in [-0.4, -0.2) is 10.1 Å². The standard InChI is InChI=1S/C18H11FN2O2/c19-14-6-4-12(5-7-14)17-15(9-16(22)18(23)21-17)13-3-1-2-11(8-13)10-20/h1-9,22H,(H,21,23). The van der Waals surface area contributed by atoms with Crippen LogP contribution in [0.5, 0.6) is 5.75 Å². The molecular weight excluding hydrogens is 295 g/mol. The Balaban J connectivity index is 2.27. The highest BCUT2D eigenvalue weighted by atomic mass is 19.1. The van der Waals surface area contributed by atoms with Crippen molar-refractivity contribution in [2.45, 2.75) is 0 Å². The quantitative estimate of drug-likeness (QED) is 0.761. The Labute approximate surface area is 131 Å². The number of H-pyrrole nitrogens is 1. The number of nitrogens with one attached hydrogen (secondary N) is 1. The van der Waals surface area contributed by atoms with Gasteiger partial charge in [0.2, 0.25) is 0 Å². The molecule has 2 aromatic carbocycles. The van der Waals surface area contributed by atoms with E-state index in [0.29, 0.717) is 27.9 Å². The summed E-state index contributed by atoms with van der Waals surface area (Å²) in [5, 5.41) is 18.8. The molecule has 3 rings (SSSR count). The number of aromatic amines is 1. The minimum absolute atomic E-state index is 0.386. The molecule has 0 aliphatic carbocycles. The molecule has 23 heavy (non-hydrogen) atoms. The molecule has 0 saturated carbocycles. The number of hydrogen-bond acceptors (Lipinski definition) is 3. The van der Waals surface area contributed by atoms with Crippen LogP contribution >= 0.6 is 0 Å². The highest BCUT2D eigenvalue weighted by molar-refractivity contribution is 5.81. The summed E-state index contributed by atoms with van der Waals surface area (Å²) in [6.07, 6.45) is 0. The van der Waals surface area contributed by atoms with Crippen LogP contribution in [0.25, 0.3) is 22.4 Å². The molecule has 0 spiro atoms. The summed E-state index contributed by atoms with van der Waals surface area (Å²) < 4.78 is 13.1. The molecule has 0 unspecified atom stereocenters. The number of aromatic hydroxyl groups is 1. The van der Waals surface area contributed by atoms with Gasteiger partial charge in [-0.1, -0.05) is 12.1 Å². The molecule has 1 heterocycles. The number of halogens is 1. The Bertz CT molecular complexity index is 970. The van der Waals surface area contributed by atoms with Gasteiger partial charge in [0.1, 0.15) is 5.82 Å². The van der Waals surface area contributed by atoms with Crippen LogP contribution in [0.15, 0.2) is 59.4 Å². The molecule has 2 N–H and O–H groups in total. The fraction of sp³-hybridized carbons (Fsp3) is 0. The van der Waals surface area contributed by atoms with Gasteiger partial charge in [0.25, 0.3) is 5.56 Å². The van der Waals surface area contributed by atoms with E-state index in [1.807, 2.05) is 6.07 Å². The number of aromatic nitrogens is 1. The topological polar surface area (TPSA) is 76.9 Å². The van der Waals surface area contributed by atoms with Crippen molar-refractivity contribution < 1.29 is 9.50 Å². The number of nitriles is 1. The first-order valence-corrected chi connectivity index (χ1v) is 6.81. The maximum atomic E-state index is 13.1. The average molecular weight is 306 g/mol. The first kappa shape index (κ1) is 14.5. The number of pyridine rings is 1. The predicted molar refractivity (Wildman–Crippen MR) is 84.3 cm³/mol. The Kier molecular flexibility index (Phi) is 3.65. The van der Waals surface area contributed by atoms with Gasteiger partial charge in [0.15, 0.2) is 5.75 Å². The molecule has 3 aromatic rings. The molecule has 0 bridgehead atoms. The van der Waals surface area contributed by atoms with Gasteiger partial charge in [-0.15, -0.1) is 0 Å². The van der Waals surface area contributed by atoms with Crippen molar-refractivity contribution in [1.29, 1.82) is 5.26 Å². The highest BCUT2D eigenvalue weighted by Crippen LogP contribution is 2.31. The second-order valence-electron chi connectivity index (χ2n) is 4.97. The van der Waals surface area contributed by atoms with Crippen molar-refractivity contribution in [3.63, 3.8) is 0 Å². The molecule has 0 aliphatic rings. The molecule has 0 radical (unpaired) electrons. The maximum absolute atomic E-state index is 13.1. The van der Waals surface area contributed by atoms with Crippen molar-refractivity contribution in [2.24, 2.45) is 0 Å².